The Hall–Kier alpha value is -2.26. The monoisotopic (exact) mass is 464 g/mol. The summed E-state index contributed by atoms with van der Waals surface area (Å²) in [7, 11) is -3.70. The number of amides is 1. The van der Waals surface area contributed by atoms with Crippen LogP contribution in [0.15, 0.2) is 29.2 Å². The number of nitrogens with zero attached hydrogens (tertiary/aromatic N) is 1. The highest BCUT2D eigenvalue weighted by atomic mass is 32.2. The average Bonchev–Trinajstić information content (AvgIpc) is 2.80. The molecule has 1 aliphatic heterocycles. The fraction of sp³-hybridized carbons (Fsp3) is 0.609. The van der Waals surface area contributed by atoms with E-state index in [2.05, 4.69) is 5.32 Å². The molecule has 1 aliphatic carbocycles. The van der Waals surface area contributed by atoms with Gasteiger partial charge >= 0.3 is 5.97 Å². The number of Topliss-reactive ketones (excluding diaryl/α,β-unsaturated/α-hetero) is 1. The molecule has 0 atom stereocenters. The smallest absolute Gasteiger partial charge is 0.331 e. The van der Waals surface area contributed by atoms with Crippen molar-refractivity contribution in [1.29, 1.82) is 0 Å². The first kappa shape index (κ1) is 24.4. The highest BCUT2D eigenvalue weighted by Crippen LogP contribution is 2.31. The lowest BCUT2D eigenvalue weighted by Gasteiger charge is -2.38. The molecule has 1 aromatic rings. The number of carbonyl (C=O) groups excluding carboxylic acids is 3. The molecule has 0 unspecified atom stereocenters. The second-order valence-electron chi connectivity index (χ2n) is 8.61. The first-order valence-corrected chi connectivity index (χ1v) is 12.7. The standard InChI is InChI=1S/C23H32N2O6S/c1-3-31-22(28)23(13-5-4-6-14-23)24-21(27)19-11-15-25(16-12-19)32(29,30)20-9-7-18(8-10-20)17(2)26/h7-10,19H,3-6,11-16H2,1-2H3,(H,24,27). The quantitative estimate of drug-likeness (QED) is 0.491. The van der Waals surface area contributed by atoms with Crippen molar-refractivity contribution >= 4 is 27.7 Å². The number of nitrogens with one attached hydrogen (secondary N) is 1. The molecule has 1 amide bonds. The van der Waals surface area contributed by atoms with Crippen LogP contribution in [-0.2, 0) is 24.3 Å². The zero-order valence-corrected chi connectivity index (χ0v) is 19.6. The maximum Gasteiger partial charge on any atom is 0.331 e. The fourth-order valence-corrected chi connectivity index (χ4v) is 5.98. The van der Waals surface area contributed by atoms with Gasteiger partial charge in [-0.15, -0.1) is 0 Å². The SMILES string of the molecule is CCOC(=O)C1(NC(=O)C2CCN(S(=O)(=O)c3ccc(C(C)=O)cc3)CC2)CCCCC1. The summed E-state index contributed by atoms with van der Waals surface area (Å²) in [5, 5.41) is 2.98. The second kappa shape index (κ2) is 10.1. The van der Waals surface area contributed by atoms with Crippen molar-refractivity contribution in [3.8, 4) is 0 Å². The van der Waals surface area contributed by atoms with Gasteiger partial charge < -0.3 is 10.1 Å². The lowest BCUT2D eigenvalue weighted by atomic mass is 9.81. The third-order valence-corrected chi connectivity index (χ3v) is 8.37. The number of sulfonamides is 1. The van der Waals surface area contributed by atoms with Gasteiger partial charge in [-0.25, -0.2) is 13.2 Å². The predicted octanol–water partition coefficient (Wildman–Crippen LogP) is 2.67. The van der Waals surface area contributed by atoms with Crippen molar-refractivity contribution in [2.45, 2.75) is 69.2 Å². The lowest BCUT2D eigenvalue weighted by Crippen LogP contribution is -2.58. The predicted molar refractivity (Wildman–Crippen MR) is 119 cm³/mol. The Kier molecular flexibility index (Phi) is 7.71. The number of esters is 1. The topological polar surface area (TPSA) is 110 Å². The molecule has 9 heteroatoms. The Morgan fingerprint density at radius 1 is 1.06 bits per heavy atom. The molecule has 3 rings (SSSR count). The van der Waals surface area contributed by atoms with Gasteiger partial charge in [-0.1, -0.05) is 31.4 Å². The maximum atomic E-state index is 13.0. The Labute approximate surface area is 189 Å². The number of ketones is 1. The largest absolute Gasteiger partial charge is 0.464 e. The second-order valence-corrected chi connectivity index (χ2v) is 10.5. The van der Waals surface area contributed by atoms with Crippen LogP contribution in [-0.4, -0.2) is 55.6 Å². The van der Waals surface area contributed by atoms with Crippen molar-refractivity contribution in [1.82, 2.24) is 9.62 Å². The first-order chi connectivity index (χ1) is 15.2. The number of ether oxygens (including phenoxy) is 1. The van der Waals surface area contributed by atoms with Crippen molar-refractivity contribution < 1.29 is 27.5 Å². The van der Waals surface area contributed by atoms with Crippen LogP contribution in [0.25, 0.3) is 0 Å². The van der Waals surface area contributed by atoms with Crippen LogP contribution in [0.4, 0.5) is 0 Å². The minimum Gasteiger partial charge on any atom is -0.464 e. The molecule has 1 heterocycles. The molecule has 2 fully saturated rings. The number of benzene rings is 1. The summed E-state index contributed by atoms with van der Waals surface area (Å²) in [6, 6.07) is 5.90. The van der Waals surface area contributed by atoms with Gasteiger partial charge in [0.05, 0.1) is 11.5 Å². The summed E-state index contributed by atoms with van der Waals surface area (Å²) in [4.78, 5) is 37.1. The number of hydrogen-bond acceptors (Lipinski definition) is 6. The number of piperidine rings is 1. The zero-order valence-electron chi connectivity index (χ0n) is 18.8. The zero-order chi connectivity index (χ0) is 23.4. The first-order valence-electron chi connectivity index (χ1n) is 11.3. The van der Waals surface area contributed by atoms with Gasteiger partial charge in [0.2, 0.25) is 15.9 Å². The van der Waals surface area contributed by atoms with Crippen molar-refractivity contribution in [3.05, 3.63) is 29.8 Å². The number of hydrogen-bond donors (Lipinski definition) is 1. The van der Waals surface area contributed by atoms with E-state index in [0.29, 0.717) is 31.2 Å². The molecule has 0 bridgehead atoms. The van der Waals surface area contributed by atoms with Gasteiger partial charge in [-0.2, -0.15) is 4.31 Å². The molecule has 32 heavy (non-hydrogen) atoms. The maximum absolute atomic E-state index is 13.0. The van der Waals surface area contributed by atoms with E-state index in [1.54, 1.807) is 6.92 Å². The van der Waals surface area contributed by atoms with E-state index < -0.39 is 15.6 Å². The number of carbonyl (C=O) groups is 3. The third kappa shape index (κ3) is 5.20. The molecule has 1 N–H and O–H groups in total. The minimum atomic E-state index is -3.70. The van der Waals surface area contributed by atoms with Gasteiger partial charge in [-0.3, -0.25) is 9.59 Å². The van der Waals surface area contributed by atoms with E-state index >= 15 is 0 Å². The van der Waals surface area contributed by atoms with Crippen molar-refractivity contribution in [3.63, 3.8) is 0 Å². The third-order valence-electron chi connectivity index (χ3n) is 6.46. The minimum absolute atomic E-state index is 0.126. The van der Waals surface area contributed by atoms with Crippen LogP contribution < -0.4 is 5.32 Å². The van der Waals surface area contributed by atoms with Gasteiger partial charge in [0.15, 0.2) is 5.78 Å². The van der Waals surface area contributed by atoms with Crippen LogP contribution >= 0.6 is 0 Å². The summed E-state index contributed by atoms with van der Waals surface area (Å²) in [5.74, 6) is -1.06. The van der Waals surface area contributed by atoms with Crippen LogP contribution in [0, 0.1) is 5.92 Å². The van der Waals surface area contributed by atoms with Gasteiger partial charge in [0, 0.05) is 24.6 Å². The van der Waals surface area contributed by atoms with E-state index in [4.69, 9.17) is 4.74 Å². The van der Waals surface area contributed by atoms with Gasteiger partial charge in [-0.05, 0) is 51.7 Å². The van der Waals surface area contributed by atoms with Crippen molar-refractivity contribution in [2.75, 3.05) is 19.7 Å². The Bertz CT molecular complexity index is 943. The van der Waals surface area contributed by atoms with Crippen molar-refractivity contribution in [2.24, 2.45) is 5.92 Å². The van der Waals surface area contributed by atoms with E-state index in [1.165, 1.54) is 35.5 Å². The molecule has 2 aliphatic rings. The van der Waals surface area contributed by atoms with Crippen LogP contribution in [0.2, 0.25) is 0 Å². The molecule has 176 valence electrons. The molecule has 0 aromatic heterocycles. The fourth-order valence-electron chi connectivity index (χ4n) is 4.51. The molecule has 1 saturated carbocycles. The van der Waals surface area contributed by atoms with Crippen LogP contribution in [0.5, 0.6) is 0 Å². The normalized spacial score (nSPS) is 19.8. The summed E-state index contributed by atoms with van der Waals surface area (Å²) in [6.07, 6.45) is 4.66. The highest BCUT2D eigenvalue weighted by molar-refractivity contribution is 7.89. The van der Waals surface area contributed by atoms with Crippen LogP contribution in [0.3, 0.4) is 0 Å². The Morgan fingerprint density at radius 2 is 1.66 bits per heavy atom. The Balaban J connectivity index is 1.63. The van der Waals surface area contributed by atoms with E-state index in [0.717, 1.165) is 19.3 Å². The summed E-state index contributed by atoms with van der Waals surface area (Å²) in [5.41, 5.74) is -0.509. The van der Waals surface area contributed by atoms with Gasteiger partial charge in [0.25, 0.3) is 0 Å². The van der Waals surface area contributed by atoms with E-state index in [9.17, 15) is 22.8 Å². The lowest BCUT2D eigenvalue weighted by molar-refractivity contribution is -0.155. The molecule has 1 aromatic carbocycles. The Morgan fingerprint density at radius 3 is 2.19 bits per heavy atom. The highest BCUT2D eigenvalue weighted by Gasteiger charge is 2.44. The summed E-state index contributed by atoms with van der Waals surface area (Å²) < 4.78 is 32.5. The number of rotatable bonds is 7. The summed E-state index contributed by atoms with van der Waals surface area (Å²) >= 11 is 0. The molecule has 1 saturated heterocycles. The molecular formula is C23H32N2O6S. The van der Waals surface area contributed by atoms with Gasteiger partial charge in [0.1, 0.15) is 5.54 Å². The average molecular weight is 465 g/mol. The van der Waals surface area contributed by atoms with E-state index in [-0.39, 0.29) is 48.2 Å². The summed E-state index contributed by atoms with van der Waals surface area (Å²) in [6.45, 7) is 3.89. The van der Waals surface area contributed by atoms with Crippen LogP contribution in [0.1, 0.15) is 69.2 Å². The van der Waals surface area contributed by atoms with E-state index in [1.807, 2.05) is 0 Å². The molecule has 0 spiro atoms. The molecule has 8 nitrogen and oxygen atoms in total. The molecular weight excluding hydrogens is 432 g/mol. The molecule has 0 radical (unpaired) electrons.